The fourth-order valence-electron chi connectivity index (χ4n) is 1.82. The van der Waals surface area contributed by atoms with E-state index in [1.54, 1.807) is 24.5 Å². The highest BCUT2D eigenvalue weighted by Crippen LogP contribution is 2.30. The predicted molar refractivity (Wildman–Crippen MR) is 78.2 cm³/mol. The Kier molecular flexibility index (Phi) is 4.73. The molecule has 5 heteroatoms. The van der Waals surface area contributed by atoms with Gasteiger partial charge in [-0.25, -0.2) is 4.39 Å². The Morgan fingerprint density at radius 2 is 2.00 bits per heavy atom. The first-order valence-electron chi connectivity index (χ1n) is 6.22. The molecule has 1 atom stereocenters. The normalized spacial score (nSPS) is 12.5. The molecule has 0 aliphatic rings. The molecule has 1 unspecified atom stereocenters. The molecule has 0 aliphatic carbocycles. The zero-order valence-electron chi connectivity index (χ0n) is 11.2. The summed E-state index contributed by atoms with van der Waals surface area (Å²) in [5.41, 5.74) is 1.17. The summed E-state index contributed by atoms with van der Waals surface area (Å²) in [5, 5.41) is 10.4. The summed E-state index contributed by atoms with van der Waals surface area (Å²) in [6.45, 7) is 3.83. The van der Waals surface area contributed by atoms with Crippen molar-refractivity contribution < 1.29 is 14.2 Å². The number of hydrogen-bond acceptors (Lipinski definition) is 3. The first-order chi connectivity index (χ1) is 9.47. The SMILES string of the molecule is CC(C)Oc1cncc(C(O)c2ccc(F)cc2Br)c1. The zero-order valence-corrected chi connectivity index (χ0v) is 12.8. The number of hydrogen-bond donors (Lipinski definition) is 1. The van der Waals surface area contributed by atoms with Crippen LogP contribution in [0, 0.1) is 5.82 Å². The summed E-state index contributed by atoms with van der Waals surface area (Å²) in [4.78, 5) is 4.06. The molecule has 20 heavy (non-hydrogen) atoms. The fraction of sp³-hybridized carbons (Fsp3) is 0.267. The molecule has 0 spiro atoms. The highest BCUT2D eigenvalue weighted by molar-refractivity contribution is 9.10. The van der Waals surface area contributed by atoms with E-state index in [1.165, 1.54) is 12.1 Å². The molecule has 1 heterocycles. The third-order valence-corrected chi connectivity index (χ3v) is 3.37. The van der Waals surface area contributed by atoms with E-state index in [0.29, 0.717) is 21.3 Å². The van der Waals surface area contributed by atoms with E-state index < -0.39 is 6.10 Å². The Labute approximate surface area is 125 Å². The zero-order chi connectivity index (χ0) is 14.7. The van der Waals surface area contributed by atoms with Crippen molar-refractivity contribution in [1.82, 2.24) is 4.98 Å². The molecule has 2 aromatic rings. The second-order valence-corrected chi connectivity index (χ2v) is 5.54. The molecule has 0 bridgehead atoms. The van der Waals surface area contributed by atoms with E-state index in [2.05, 4.69) is 20.9 Å². The molecule has 1 aromatic carbocycles. The van der Waals surface area contributed by atoms with E-state index in [-0.39, 0.29) is 11.9 Å². The number of benzene rings is 1. The second kappa shape index (κ2) is 6.33. The van der Waals surface area contributed by atoms with Crippen molar-refractivity contribution in [2.45, 2.75) is 26.1 Å². The van der Waals surface area contributed by atoms with Crippen LogP contribution in [0.3, 0.4) is 0 Å². The molecule has 0 fully saturated rings. The van der Waals surface area contributed by atoms with Crippen LogP contribution in [0.5, 0.6) is 5.75 Å². The van der Waals surface area contributed by atoms with Gasteiger partial charge in [0.2, 0.25) is 0 Å². The molecule has 0 amide bonds. The maximum absolute atomic E-state index is 13.1. The summed E-state index contributed by atoms with van der Waals surface area (Å²) in [6, 6.07) is 5.90. The summed E-state index contributed by atoms with van der Waals surface area (Å²) < 4.78 is 19.1. The van der Waals surface area contributed by atoms with Gasteiger partial charge in [0.05, 0.1) is 12.3 Å². The van der Waals surface area contributed by atoms with Crippen LogP contribution >= 0.6 is 15.9 Å². The Morgan fingerprint density at radius 3 is 2.65 bits per heavy atom. The first kappa shape index (κ1) is 14.9. The quantitative estimate of drug-likeness (QED) is 0.919. The number of ether oxygens (including phenoxy) is 1. The van der Waals surface area contributed by atoms with Crippen molar-refractivity contribution in [3.8, 4) is 5.75 Å². The van der Waals surface area contributed by atoms with Crippen LogP contribution in [-0.2, 0) is 0 Å². The van der Waals surface area contributed by atoms with Crippen LogP contribution in [0.2, 0.25) is 0 Å². The van der Waals surface area contributed by atoms with Crippen molar-refractivity contribution in [2.75, 3.05) is 0 Å². The molecular weight excluding hydrogens is 325 g/mol. The van der Waals surface area contributed by atoms with E-state index in [9.17, 15) is 9.50 Å². The lowest BCUT2D eigenvalue weighted by atomic mass is 10.0. The minimum Gasteiger partial charge on any atom is -0.489 e. The minimum absolute atomic E-state index is 0.0294. The smallest absolute Gasteiger partial charge is 0.138 e. The predicted octanol–water partition coefficient (Wildman–Crippen LogP) is 3.85. The van der Waals surface area contributed by atoms with Crippen LogP contribution in [0.1, 0.15) is 31.1 Å². The Hall–Kier alpha value is -1.46. The lowest BCUT2D eigenvalue weighted by Gasteiger charge is -2.15. The average Bonchev–Trinajstić information content (AvgIpc) is 2.37. The van der Waals surface area contributed by atoms with Gasteiger partial charge in [0.25, 0.3) is 0 Å². The summed E-state index contributed by atoms with van der Waals surface area (Å²) >= 11 is 3.25. The molecular formula is C15H15BrFNO2. The average molecular weight is 340 g/mol. The van der Waals surface area contributed by atoms with Crippen LogP contribution in [0.15, 0.2) is 41.1 Å². The van der Waals surface area contributed by atoms with Gasteiger partial charge in [-0.2, -0.15) is 0 Å². The molecule has 0 aliphatic heterocycles. The largest absolute Gasteiger partial charge is 0.489 e. The Balaban J connectivity index is 2.30. The number of pyridine rings is 1. The Morgan fingerprint density at radius 1 is 1.25 bits per heavy atom. The van der Waals surface area contributed by atoms with Gasteiger partial charge in [-0.3, -0.25) is 4.98 Å². The van der Waals surface area contributed by atoms with Crippen molar-refractivity contribution in [3.05, 3.63) is 58.1 Å². The maximum Gasteiger partial charge on any atom is 0.138 e. The number of halogens is 2. The van der Waals surface area contributed by atoms with Gasteiger partial charge in [0.15, 0.2) is 0 Å². The molecule has 1 aromatic heterocycles. The van der Waals surface area contributed by atoms with Crippen LogP contribution in [0.25, 0.3) is 0 Å². The molecule has 106 valence electrons. The molecule has 0 radical (unpaired) electrons. The monoisotopic (exact) mass is 339 g/mol. The Bertz CT molecular complexity index is 604. The summed E-state index contributed by atoms with van der Waals surface area (Å²) in [7, 11) is 0. The van der Waals surface area contributed by atoms with E-state index in [0.717, 1.165) is 0 Å². The standard InChI is InChI=1S/C15H15BrFNO2/c1-9(2)20-12-5-10(7-18-8-12)15(19)13-4-3-11(17)6-14(13)16/h3-9,15,19H,1-2H3. The number of aliphatic hydroxyl groups is 1. The number of aliphatic hydroxyl groups excluding tert-OH is 1. The number of aromatic nitrogens is 1. The van der Waals surface area contributed by atoms with Gasteiger partial charge < -0.3 is 9.84 Å². The van der Waals surface area contributed by atoms with Gasteiger partial charge in [0.1, 0.15) is 17.7 Å². The highest BCUT2D eigenvalue weighted by Gasteiger charge is 2.15. The lowest BCUT2D eigenvalue weighted by molar-refractivity contribution is 0.215. The number of nitrogens with zero attached hydrogens (tertiary/aromatic N) is 1. The van der Waals surface area contributed by atoms with Gasteiger partial charge >= 0.3 is 0 Å². The maximum atomic E-state index is 13.1. The van der Waals surface area contributed by atoms with Crippen molar-refractivity contribution in [3.63, 3.8) is 0 Å². The highest BCUT2D eigenvalue weighted by atomic mass is 79.9. The third kappa shape index (κ3) is 3.55. The van der Waals surface area contributed by atoms with Crippen molar-refractivity contribution >= 4 is 15.9 Å². The molecule has 3 nitrogen and oxygen atoms in total. The van der Waals surface area contributed by atoms with Gasteiger partial charge in [-0.1, -0.05) is 22.0 Å². The van der Waals surface area contributed by atoms with Crippen LogP contribution in [0.4, 0.5) is 4.39 Å². The molecule has 0 saturated carbocycles. The lowest BCUT2D eigenvalue weighted by Crippen LogP contribution is -2.07. The van der Waals surface area contributed by atoms with Crippen molar-refractivity contribution in [1.29, 1.82) is 0 Å². The second-order valence-electron chi connectivity index (χ2n) is 4.69. The molecule has 2 rings (SSSR count). The molecule has 1 N–H and O–H groups in total. The van der Waals surface area contributed by atoms with E-state index >= 15 is 0 Å². The van der Waals surface area contributed by atoms with E-state index in [4.69, 9.17) is 4.74 Å². The summed E-state index contributed by atoms with van der Waals surface area (Å²) in [5.74, 6) is 0.234. The molecule has 0 saturated heterocycles. The van der Waals surface area contributed by atoms with Gasteiger partial charge in [-0.15, -0.1) is 0 Å². The van der Waals surface area contributed by atoms with Crippen LogP contribution < -0.4 is 4.74 Å². The third-order valence-electron chi connectivity index (χ3n) is 2.68. The summed E-state index contributed by atoms with van der Waals surface area (Å²) in [6.07, 6.45) is 2.29. The van der Waals surface area contributed by atoms with Gasteiger partial charge in [-0.05, 0) is 37.6 Å². The fourth-order valence-corrected chi connectivity index (χ4v) is 2.39. The topological polar surface area (TPSA) is 42.4 Å². The van der Waals surface area contributed by atoms with Crippen LogP contribution in [-0.4, -0.2) is 16.2 Å². The van der Waals surface area contributed by atoms with Gasteiger partial charge in [0, 0.05) is 16.2 Å². The number of rotatable bonds is 4. The van der Waals surface area contributed by atoms with Crippen molar-refractivity contribution in [2.24, 2.45) is 0 Å². The minimum atomic E-state index is -0.895. The first-order valence-corrected chi connectivity index (χ1v) is 7.01. The van der Waals surface area contributed by atoms with E-state index in [1.807, 2.05) is 13.8 Å².